The van der Waals surface area contributed by atoms with Crippen LogP contribution in [0, 0.1) is 5.82 Å². The fraction of sp³-hybridized carbons (Fsp3) is 0.353. The Morgan fingerprint density at radius 1 is 1.28 bits per heavy atom. The number of nitrogens with one attached hydrogen (secondary N) is 1. The number of rotatable bonds is 7. The van der Waals surface area contributed by atoms with Crippen molar-refractivity contribution in [2.45, 2.75) is 25.4 Å². The van der Waals surface area contributed by atoms with Gasteiger partial charge in [0.15, 0.2) is 5.16 Å². The number of hydrogen-bond acceptors (Lipinski definition) is 5. The maximum atomic E-state index is 12.9. The van der Waals surface area contributed by atoms with E-state index < -0.39 is 5.56 Å². The molecule has 0 aliphatic heterocycles. The van der Waals surface area contributed by atoms with Gasteiger partial charge in [-0.3, -0.25) is 9.59 Å². The first kappa shape index (κ1) is 19.0. The van der Waals surface area contributed by atoms with Gasteiger partial charge in [0.1, 0.15) is 5.82 Å². The van der Waals surface area contributed by atoms with Gasteiger partial charge in [-0.25, -0.2) is 4.39 Å². The number of hydrogen-bond donors (Lipinski definition) is 2. The summed E-state index contributed by atoms with van der Waals surface area (Å²) < 4.78 is 12.9. The maximum Gasteiger partial charge on any atom is 0.258 e. The van der Waals surface area contributed by atoms with E-state index in [0.717, 1.165) is 11.8 Å². The number of amides is 1. The molecule has 1 aromatic heterocycles. The first-order valence-corrected chi connectivity index (χ1v) is 8.90. The lowest BCUT2D eigenvalue weighted by Gasteiger charge is -2.17. The number of carbonyl (C=O) groups excluding carboxylic acids is 1. The van der Waals surface area contributed by atoms with E-state index in [4.69, 9.17) is 0 Å². The van der Waals surface area contributed by atoms with Gasteiger partial charge in [0.25, 0.3) is 5.56 Å². The molecule has 1 heterocycles. The van der Waals surface area contributed by atoms with E-state index in [-0.39, 0.29) is 40.5 Å². The largest absolute Gasteiger partial charge is 0.493 e. The van der Waals surface area contributed by atoms with Crippen molar-refractivity contribution in [1.29, 1.82) is 0 Å². The second-order valence-electron chi connectivity index (χ2n) is 5.33. The van der Waals surface area contributed by atoms with E-state index >= 15 is 0 Å². The molecule has 1 amide bonds. The number of carbonyl (C=O) groups is 1. The third-order valence-electron chi connectivity index (χ3n) is 3.71. The number of halogens is 1. The number of thioether (sulfide) groups is 1. The Morgan fingerprint density at radius 3 is 2.48 bits per heavy atom. The number of aromatic amines is 1. The zero-order valence-electron chi connectivity index (χ0n) is 14.1. The lowest BCUT2D eigenvalue weighted by atomic mass is 10.1. The van der Waals surface area contributed by atoms with Crippen molar-refractivity contribution in [1.82, 2.24) is 14.9 Å². The molecule has 0 aliphatic rings. The van der Waals surface area contributed by atoms with Crippen molar-refractivity contribution < 1.29 is 14.3 Å². The zero-order chi connectivity index (χ0) is 18.4. The van der Waals surface area contributed by atoms with Crippen molar-refractivity contribution in [2.24, 2.45) is 0 Å². The number of aromatic nitrogens is 2. The van der Waals surface area contributed by atoms with Crippen LogP contribution in [0.1, 0.15) is 25.0 Å². The first-order valence-electron chi connectivity index (χ1n) is 7.91. The molecule has 0 saturated carbocycles. The molecule has 0 unspecified atom stereocenters. The van der Waals surface area contributed by atoms with E-state index in [0.29, 0.717) is 18.7 Å². The van der Waals surface area contributed by atoms with Crippen LogP contribution < -0.4 is 5.56 Å². The lowest BCUT2D eigenvalue weighted by Crippen LogP contribution is -2.32. The van der Waals surface area contributed by atoms with Crippen molar-refractivity contribution in [3.8, 4) is 5.88 Å². The van der Waals surface area contributed by atoms with Crippen molar-refractivity contribution in [2.75, 3.05) is 18.8 Å². The van der Waals surface area contributed by atoms with Crippen LogP contribution in [0.3, 0.4) is 0 Å². The summed E-state index contributed by atoms with van der Waals surface area (Å²) in [6.45, 7) is 5.01. The predicted molar refractivity (Wildman–Crippen MR) is 94.4 cm³/mol. The normalized spacial score (nSPS) is 10.7. The highest BCUT2D eigenvalue weighted by molar-refractivity contribution is 7.99. The molecule has 2 N–H and O–H groups in total. The predicted octanol–water partition coefficient (Wildman–Crippen LogP) is 2.17. The summed E-state index contributed by atoms with van der Waals surface area (Å²) in [5.41, 5.74) is 0.307. The van der Waals surface area contributed by atoms with E-state index in [1.165, 1.54) is 12.1 Å². The van der Waals surface area contributed by atoms with Gasteiger partial charge in [-0.15, -0.1) is 0 Å². The fourth-order valence-corrected chi connectivity index (χ4v) is 3.06. The van der Waals surface area contributed by atoms with E-state index in [2.05, 4.69) is 9.97 Å². The Bertz CT molecular complexity index is 789. The summed E-state index contributed by atoms with van der Waals surface area (Å²) in [6.07, 6.45) is 0.137. The molecule has 0 fully saturated rings. The molecule has 0 saturated heterocycles. The molecule has 0 radical (unpaired) electrons. The quantitative estimate of drug-likeness (QED) is 0.580. The standard InChI is InChI=1S/C17H20FN3O3S/c1-3-21(4-2)14(22)10-25-17-19-15(23)13(16(24)20-17)9-11-5-7-12(18)8-6-11/h5-8H,3-4,9-10H2,1-2H3,(H2,19,20,23,24). The van der Waals surface area contributed by atoms with Gasteiger partial charge in [0.2, 0.25) is 11.8 Å². The first-order chi connectivity index (χ1) is 11.9. The molecule has 6 nitrogen and oxygen atoms in total. The van der Waals surface area contributed by atoms with E-state index in [1.807, 2.05) is 13.8 Å². The number of nitrogens with zero attached hydrogens (tertiary/aromatic N) is 2. The third-order valence-corrected chi connectivity index (χ3v) is 4.57. The summed E-state index contributed by atoms with van der Waals surface area (Å²) in [5, 5.41) is 10.2. The van der Waals surface area contributed by atoms with Gasteiger partial charge in [-0.2, -0.15) is 4.98 Å². The Morgan fingerprint density at radius 2 is 1.92 bits per heavy atom. The second-order valence-corrected chi connectivity index (χ2v) is 6.30. The van der Waals surface area contributed by atoms with E-state index in [9.17, 15) is 19.1 Å². The molecule has 0 spiro atoms. The SMILES string of the molecule is CCN(CC)C(=O)CSc1nc(O)c(Cc2ccc(F)cc2)c(=O)[nH]1. The molecule has 1 aromatic carbocycles. The molecule has 8 heteroatoms. The van der Waals surface area contributed by atoms with Crippen LogP contribution in [-0.4, -0.2) is 44.7 Å². The van der Waals surface area contributed by atoms with Crippen molar-refractivity contribution in [3.05, 3.63) is 51.6 Å². The van der Waals surface area contributed by atoms with Crippen LogP contribution in [0.25, 0.3) is 0 Å². The fourth-order valence-electron chi connectivity index (χ4n) is 2.30. The summed E-state index contributed by atoms with van der Waals surface area (Å²) in [4.78, 5) is 32.4. The summed E-state index contributed by atoms with van der Waals surface area (Å²) in [6, 6.07) is 5.66. The highest BCUT2D eigenvalue weighted by atomic mass is 32.2. The van der Waals surface area contributed by atoms with Crippen molar-refractivity contribution in [3.63, 3.8) is 0 Å². The minimum absolute atomic E-state index is 0.0625. The minimum atomic E-state index is -0.477. The Kier molecular flexibility index (Phi) is 6.58. The average Bonchev–Trinajstić information content (AvgIpc) is 2.59. The summed E-state index contributed by atoms with van der Waals surface area (Å²) >= 11 is 1.07. The van der Waals surface area contributed by atoms with Gasteiger partial charge >= 0.3 is 0 Å². The third kappa shape index (κ3) is 5.06. The van der Waals surface area contributed by atoms with Crippen LogP contribution in [0.15, 0.2) is 34.2 Å². The van der Waals surface area contributed by atoms with Crippen LogP contribution in [-0.2, 0) is 11.2 Å². The van der Waals surface area contributed by atoms with Crippen LogP contribution in [0.2, 0.25) is 0 Å². The van der Waals surface area contributed by atoms with E-state index in [1.54, 1.807) is 17.0 Å². The van der Waals surface area contributed by atoms with Crippen LogP contribution in [0.5, 0.6) is 5.88 Å². The molecule has 0 atom stereocenters. The molecule has 0 aliphatic carbocycles. The summed E-state index contributed by atoms with van der Waals surface area (Å²) in [5.74, 6) is -0.690. The molecule has 2 rings (SSSR count). The van der Waals surface area contributed by atoms with Gasteiger partial charge < -0.3 is 15.0 Å². The molecular formula is C17H20FN3O3S. The van der Waals surface area contributed by atoms with Gasteiger partial charge in [0.05, 0.1) is 11.3 Å². The lowest BCUT2D eigenvalue weighted by molar-refractivity contribution is -0.127. The molecule has 25 heavy (non-hydrogen) atoms. The summed E-state index contributed by atoms with van der Waals surface area (Å²) in [7, 11) is 0. The molecule has 134 valence electrons. The van der Waals surface area contributed by atoms with Gasteiger partial charge in [-0.05, 0) is 31.5 Å². The second kappa shape index (κ2) is 8.66. The highest BCUT2D eigenvalue weighted by Crippen LogP contribution is 2.19. The zero-order valence-corrected chi connectivity index (χ0v) is 14.9. The number of aromatic hydroxyl groups is 1. The van der Waals surface area contributed by atoms with Crippen molar-refractivity contribution >= 4 is 17.7 Å². The highest BCUT2D eigenvalue weighted by Gasteiger charge is 2.15. The van der Waals surface area contributed by atoms with Crippen LogP contribution >= 0.6 is 11.8 Å². The Hall–Kier alpha value is -2.35. The minimum Gasteiger partial charge on any atom is -0.493 e. The smallest absolute Gasteiger partial charge is 0.258 e. The number of H-pyrrole nitrogens is 1. The van der Waals surface area contributed by atoms with Gasteiger partial charge in [0, 0.05) is 19.5 Å². The van der Waals surface area contributed by atoms with Crippen LogP contribution in [0.4, 0.5) is 4.39 Å². The average molecular weight is 365 g/mol. The molecule has 0 bridgehead atoms. The topological polar surface area (TPSA) is 86.3 Å². The number of benzene rings is 1. The molecular weight excluding hydrogens is 345 g/mol. The Balaban J connectivity index is 2.10. The molecule has 2 aromatic rings. The Labute approximate surface area is 149 Å². The van der Waals surface area contributed by atoms with Gasteiger partial charge in [-0.1, -0.05) is 23.9 Å². The monoisotopic (exact) mass is 365 g/mol. The maximum absolute atomic E-state index is 12.9.